The summed E-state index contributed by atoms with van der Waals surface area (Å²) in [4.78, 5) is 40.3. The second kappa shape index (κ2) is 10.2. The SMILES string of the molecule is COc1ccccc1CCN1C(=O)N[C@@H](CC(=O)NCCN2CCOCC2)C1=O. The van der Waals surface area contributed by atoms with Crippen LogP contribution in [0.15, 0.2) is 24.3 Å². The van der Waals surface area contributed by atoms with E-state index in [0.717, 1.165) is 35.8 Å². The number of carbonyl (C=O) groups is 3. The topological polar surface area (TPSA) is 100 Å². The number of hydrogen-bond donors (Lipinski definition) is 2. The summed E-state index contributed by atoms with van der Waals surface area (Å²) in [5.41, 5.74) is 0.917. The number of amides is 4. The molecule has 0 aliphatic carbocycles. The van der Waals surface area contributed by atoms with Gasteiger partial charge in [0.05, 0.1) is 26.7 Å². The minimum Gasteiger partial charge on any atom is -0.496 e. The summed E-state index contributed by atoms with van der Waals surface area (Å²) in [6.45, 7) is 4.61. The van der Waals surface area contributed by atoms with Crippen LogP contribution in [-0.2, 0) is 20.7 Å². The quantitative estimate of drug-likeness (QED) is 0.562. The Kier molecular flexibility index (Phi) is 7.42. The molecule has 1 aromatic carbocycles. The van der Waals surface area contributed by atoms with Crippen molar-refractivity contribution in [1.29, 1.82) is 0 Å². The maximum Gasteiger partial charge on any atom is 0.324 e. The number of nitrogens with zero attached hydrogens (tertiary/aromatic N) is 2. The molecule has 9 nitrogen and oxygen atoms in total. The van der Waals surface area contributed by atoms with E-state index < -0.39 is 12.1 Å². The standard InChI is InChI=1S/C20H28N4O5/c1-28-17-5-3-2-4-15(17)6-8-24-19(26)16(22-20(24)27)14-18(25)21-7-9-23-10-12-29-13-11-23/h2-5,16H,6-14H2,1H3,(H,21,25)(H,22,27)/t16-/m0/s1. The number of rotatable bonds is 9. The van der Waals surface area contributed by atoms with Crippen molar-refractivity contribution in [2.24, 2.45) is 0 Å². The molecule has 0 bridgehead atoms. The molecule has 3 rings (SSSR count). The van der Waals surface area contributed by atoms with E-state index in [-0.39, 0.29) is 24.8 Å². The van der Waals surface area contributed by atoms with Crippen LogP contribution >= 0.6 is 0 Å². The summed E-state index contributed by atoms with van der Waals surface area (Å²) in [5.74, 6) is 0.104. The Morgan fingerprint density at radius 1 is 1.24 bits per heavy atom. The molecule has 0 unspecified atom stereocenters. The van der Waals surface area contributed by atoms with Gasteiger partial charge in [0.1, 0.15) is 11.8 Å². The molecule has 9 heteroatoms. The molecule has 2 aliphatic rings. The first-order chi connectivity index (χ1) is 14.1. The van der Waals surface area contributed by atoms with E-state index in [9.17, 15) is 14.4 Å². The summed E-state index contributed by atoms with van der Waals surface area (Å²) in [5, 5.41) is 5.43. The molecule has 158 valence electrons. The van der Waals surface area contributed by atoms with Gasteiger partial charge in [-0.3, -0.25) is 19.4 Å². The van der Waals surface area contributed by atoms with Crippen LogP contribution in [0.3, 0.4) is 0 Å². The Hall–Kier alpha value is -2.65. The van der Waals surface area contributed by atoms with Gasteiger partial charge < -0.3 is 20.1 Å². The zero-order valence-electron chi connectivity index (χ0n) is 16.7. The molecule has 29 heavy (non-hydrogen) atoms. The monoisotopic (exact) mass is 404 g/mol. The van der Waals surface area contributed by atoms with E-state index in [4.69, 9.17) is 9.47 Å². The molecule has 0 radical (unpaired) electrons. The lowest BCUT2D eigenvalue weighted by Gasteiger charge is -2.26. The molecular formula is C20H28N4O5. The van der Waals surface area contributed by atoms with Crippen molar-refractivity contribution in [3.63, 3.8) is 0 Å². The van der Waals surface area contributed by atoms with Gasteiger partial charge in [-0.05, 0) is 18.1 Å². The Morgan fingerprint density at radius 2 is 2.00 bits per heavy atom. The molecule has 0 saturated carbocycles. The maximum atomic E-state index is 12.6. The highest BCUT2D eigenvalue weighted by atomic mass is 16.5. The first-order valence-electron chi connectivity index (χ1n) is 9.89. The normalized spacial score (nSPS) is 19.9. The van der Waals surface area contributed by atoms with Crippen molar-refractivity contribution in [3.05, 3.63) is 29.8 Å². The second-order valence-corrected chi connectivity index (χ2v) is 7.06. The molecular weight excluding hydrogens is 376 g/mol. The number of hydrogen-bond acceptors (Lipinski definition) is 6. The van der Waals surface area contributed by atoms with Crippen LogP contribution in [0.25, 0.3) is 0 Å². The highest BCUT2D eigenvalue weighted by Crippen LogP contribution is 2.19. The van der Waals surface area contributed by atoms with Gasteiger partial charge in [-0.15, -0.1) is 0 Å². The molecule has 2 heterocycles. The molecule has 0 aromatic heterocycles. The lowest BCUT2D eigenvalue weighted by molar-refractivity contribution is -0.130. The lowest BCUT2D eigenvalue weighted by Crippen LogP contribution is -2.42. The molecule has 0 spiro atoms. The molecule has 4 amide bonds. The Bertz CT molecular complexity index is 735. The predicted octanol–water partition coefficient (Wildman–Crippen LogP) is -0.00340. The van der Waals surface area contributed by atoms with E-state index >= 15 is 0 Å². The van der Waals surface area contributed by atoms with Crippen LogP contribution in [-0.4, -0.2) is 86.7 Å². The fourth-order valence-corrected chi connectivity index (χ4v) is 3.50. The summed E-state index contributed by atoms with van der Waals surface area (Å²) in [6.07, 6.45) is 0.431. The molecule has 2 saturated heterocycles. The second-order valence-electron chi connectivity index (χ2n) is 7.06. The molecule has 1 atom stereocenters. The summed E-state index contributed by atoms with van der Waals surface area (Å²) < 4.78 is 10.6. The number of carbonyl (C=O) groups excluding carboxylic acids is 3. The molecule has 2 aliphatic heterocycles. The summed E-state index contributed by atoms with van der Waals surface area (Å²) in [7, 11) is 1.58. The van der Waals surface area contributed by atoms with Crippen molar-refractivity contribution in [2.75, 3.05) is 53.0 Å². The fraction of sp³-hybridized carbons (Fsp3) is 0.550. The van der Waals surface area contributed by atoms with E-state index in [1.165, 1.54) is 0 Å². The molecule has 2 N–H and O–H groups in total. The van der Waals surface area contributed by atoms with Crippen molar-refractivity contribution in [3.8, 4) is 5.75 Å². The van der Waals surface area contributed by atoms with Gasteiger partial charge in [0.25, 0.3) is 5.91 Å². The Balaban J connectivity index is 1.43. The minimum absolute atomic E-state index is 0.0567. The third-order valence-corrected chi connectivity index (χ3v) is 5.15. The van der Waals surface area contributed by atoms with Crippen LogP contribution in [0.5, 0.6) is 5.75 Å². The largest absolute Gasteiger partial charge is 0.496 e. The van der Waals surface area contributed by atoms with Crippen LogP contribution < -0.4 is 15.4 Å². The number of benzene rings is 1. The predicted molar refractivity (Wildman–Crippen MR) is 106 cm³/mol. The lowest BCUT2D eigenvalue weighted by atomic mass is 10.1. The van der Waals surface area contributed by atoms with Crippen LogP contribution in [0.4, 0.5) is 4.79 Å². The van der Waals surface area contributed by atoms with E-state index in [2.05, 4.69) is 15.5 Å². The number of urea groups is 1. The third kappa shape index (κ3) is 5.68. The summed E-state index contributed by atoms with van der Waals surface area (Å²) >= 11 is 0. The Morgan fingerprint density at radius 3 is 2.76 bits per heavy atom. The van der Waals surface area contributed by atoms with Gasteiger partial charge in [0.15, 0.2) is 0 Å². The smallest absolute Gasteiger partial charge is 0.324 e. The van der Waals surface area contributed by atoms with Crippen molar-refractivity contribution in [2.45, 2.75) is 18.9 Å². The number of nitrogens with one attached hydrogen (secondary N) is 2. The van der Waals surface area contributed by atoms with Crippen LogP contribution in [0, 0.1) is 0 Å². The number of methoxy groups -OCH3 is 1. The average molecular weight is 404 g/mol. The van der Waals surface area contributed by atoms with Gasteiger partial charge in [-0.1, -0.05) is 18.2 Å². The summed E-state index contributed by atoms with van der Waals surface area (Å²) in [6, 6.07) is 6.21. The number of morpholine rings is 1. The van der Waals surface area contributed by atoms with Crippen molar-refractivity contribution >= 4 is 17.8 Å². The number of ether oxygens (including phenoxy) is 2. The van der Waals surface area contributed by atoms with Crippen LogP contribution in [0.2, 0.25) is 0 Å². The van der Waals surface area contributed by atoms with Gasteiger partial charge >= 0.3 is 6.03 Å². The minimum atomic E-state index is -0.816. The van der Waals surface area contributed by atoms with Gasteiger partial charge in [-0.25, -0.2) is 4.79 Å². The maximum absolute atomic E-state index is 12.6. The molecule has 2 fully saturated rings. The first-order valence-corrected chi connectivity index (χ1v) is 9.89. The van der Waals surface area contributed by atoms with Gasteiger partial charge in [-0.2, -0.15) is 0 Å². The van der Waals surface area contributed by atoms with Crippen molar-refractivity contribution < 1.29 is 23.9 Å². The highest BCUT2D eigenvalue weighted by molar-refractivity contribution is 6.05. The fourth-order valence-electron chi connectivity index (χ4n) is 3.50. The number of imide groups is 1. The van der Waals surface area contributed by atoms with E-state index in [0.29, 0.717) is 26.2 Å². The number of para-hydroxylation sites is 1. The Labute approximate surface area is 170 Å². The zero-order chi connectivity index (χ0) is 20.6. The zero-order valence-corrected chi connectivity index (χ0v) is 16.7. The van der Waals surface area contributed by atoms with Crippen LogP contribution in [0.1, 0.15) is 12.0 Å². The van der Waals surface area contributed by atoms with Gasteiger partial charge in [0.2, 0.25) is 5.91 Å². The molecule has 1 aromatic rings. The highest BCUT2D eigenvalue weighted by Gasteiger charge is 2.38. The van der Waals surface area contributed by atoms with Gasteiger partial charge in [0, 0.05) is 32.7 Å². The van der Waals surface area contributed by atoms with Crippen molar-refractivity contribution in [1.82, 2.24) is 20.4 Å². The average Bonchev–Trinajstić information content (AvgIpc) is 3.00. The van der Waals surface area contributed by atoms with E-state index in [1.807, 2.05) is 24.3 Å². The third-order valence-electron chi connectivity index (χ3n) is 5.15. The first kappa shape index (κ1) is 21.1. The van der Waals surface area contributed by atoms with E-state index in [1.54, 1.807) is 7.11 Å².